The highest BCUT2D eigenvalue weighted by atomic mass is 14.6. The molecular formula is C15H17N. The average molecular weight is 211 g/mol. The molecule has 1 heteroatoms. The smallest absolute Gasteiger partial charge is 0.0851 e. The molecule has 1 aromatic carbocycles. The Balaban J connectivity index is 2.01. The van der Waals surface area contributed by atoms with Gasteiger partial charge in [0.25, 0.3) is 0 Å². The standard InChI is InChI=1S/C15H17N/c1-11-9-15(11,10-16)14-7-6-12-4-2-3-5-13(12)8-14/h6-8,11H,2-5,9H2,1H3. The minimum atomic E-state index is -0.146. The number of nitriles is 1. The third kappa shape index (κ3) is 1.29. The summed E-state index contributed by atoms with van der Waals surface area (Å²) >= 11 is 0. The molecule has 0 aliphatic heterocycles. The Hall–Kier alpha value is -1.29. The van der Waals surface area contributed by atoms with Gasteiger partial charge in [-0.3, -0.25) is 0 Å². The van der Waals surface area contributed by atoms with Crippen molar-refractivity contribution in [1.29, 1.82) is 5.26 Å². The molecule has 0 amide bonds. The number of hydrogen-bond donors (Lipinski definition) is 0. The van der Waals surface area contributed by atoms with E-state index in [9.17, 15) is 5.26 Å². The molecule has 0 spiro atoms. The molecule has 1 saturated carbocycles. The summed E-state index contributed by atoms with van der Waals surface area (Å²) in [6.45, 7) is 2.18. The van der Waals surface area contributed by atoms with Crippen LogP contribution >= 0.6 is 0 Å². The fourth-order valence-electron chi connectivity index (χ4n) is 3.06. The Bertz CT molecular complexity index is 469. The summed E-state index contributed by atoms with van der Waals surface area (Å²) in [4.78, 5) is 0. The highest BCUT2D eigenvalue weighted by Crippen LogP contribution is 2.53. The first kappa shape index (κ1) is 9.90. The summed E-state index contributed by atoms with van der Waals surface area (Å²) < 4.78 is 0. The van der Waals surface area contributed by atoms with Crippen molar-refractivity contribution < 1.29 is 0 Å². The maximum atomic E-state index is 9.33. The number of benzene rings is 1. The molecule has 2 aliphatic carbocycles. The molecule has 3 rings (SSSR count). The summed E-state index contributed by atoms with van der Waals surface area (Å²) in [6, 6.07) is 9.28. The molecule has 0 heterocycles. The molecule has 1 aromatic rings. The van der Waals surface area contributed by atoms with Crippen LogP contribution in [0.3, 0.4) is 0 Å². The number of nitrogens with zero attached hydrogens (tertiary/aromatic N) is 1. The van der Waals surface area contributed by atoms with Gasteiger partial charge in [0.2, 0.25) is 0 Å². The van der Waals surface area contributed by atoms with Gasteiger partial charge in [0, 0.05) is 0 Å². The Morgan fingerprint density at radius 2 is 1.94 bits per heavy atom. The fraction of sp³-hybridized carbons (Fsp3) is 0.533. The number of rotatable bonds is 1. The molecule has 0 aromatic heterocycles. The van der Waals surface area contributed by atoms with E-state index in [2.05, 4.69) is 31.2 Å². The summed E-state index contributed by atoms with van der Waals surface area (Å²) in [5.74, 6) is 0.541. The second kappa shape index (κ2) is 3.35. The molecule has 82 valence electrons. The van der Waals surface area contributed by atoms with E-state index in [1.165, 1.54) is 42.4 Å². The third-order valence-electron chi connectivity index (χ3n) is 4.37. The highest BCUT2D eigenvalue weighted by Gasteiger charge is 2.53. The van der Waals surface area contributed by atoms with Gasteiger partial charge in [0.05, 0.1) is 11.5 Å². The van der Waals surface area contributed by atoms with Crippen LogP contribution in [0.5, 0.6) is 0 Å². The predicted molar refractivity (Wildman–Crippen MR) is 64.2 cm³/mol. The molecule has 2 aliphatic rings. The van der Waals surface area contributed by atoms with E-state index in [-0.39, 0.29) is 5.41 Å². The van der Waals surface area contributed by atoms with Crippen LogP contribution < -0.4 is 0 Å². The molecule has 0 saturated heterocycles. The van der Waals surface area contributed by atoms with E-state index in [4.69, 9.17) is 0 Å². The minimum Gasteiger partial charge on any atom is -0.197 e. The molecule has 2 unspecified atom stereocenters. The molecular weight excluding hydrogens is 194 g/mol. The lowest BCUT2D eigenvalue weighted by Crippen LogP contribution is -2.09. The molecule has 16 heavy (non-hydrogen) atoms. The first-order valence-corrected chi connectivity index (χ1v) is 6.30. The second-order valence-electron chi connectivity index (χ2n) is 5.38. The lowest BCUT2D eigenvalue weighted by molar-refractivity contribution is 0.681. The lowest BCUT2D eigenvalue weighted by atomic mass is 9.86. The minimum absolute atomic E-state index is 0.146. The molecule has 1 nitrogen and oxygen atoms in total. The van der Waals surface area contributed by atoms with Gasteiger partial charge in [-0.25, -0.2) is 0 Å². The van der Waals surface area contributed by atoms with E-state index in [0.717, 1.165) is 6.42 Å². The van der Waals surface area contributed by atoms with Crippen LogP contribution in [-0.4, -0.2) is 0 Å². The van der Waals surface area contributed by atoms with Crippen LogP contribution in [-0.2, 0) is 18.3 Å². The largest absolute Gasteiger partial charge is 0.197 e. The number of aryl methyl sites for hydroxylation is 2. The van der Waals surface area contributed by atoms with E-state index in [1.54, 1.807) is 0 Å². The van der Waals surface area contributed by atoms with Crippen molar-refractivity contribution in [3.05, 3.63) is 34.9 Å². The summed E-state index contributed by atoms with van der Waals surface area (Å²) in [5, 5.41) is 9.33. The van der Waals surface area contributed by atoms with Crippen LogP contribution in [0.1, 0.15) is 42.9 Å². The average Bonchev–Trinajstić information content (AvgIpc) is 3.01. The maximum absolute atomic E-state index is 9.33. The van der Waals surface area contributed by atoms with Gasteiger partial charge in [-0.2, -0.15) is 5.26 Å². The SMILES string of the molecule is CC1CC1(C#N)c1ccc2c(c1)CCCC2. The number of fused-ring (bicyclic) bond motifs is 1. The van der Waals surface area contributed by atoms with Crippen LogP contribution in [0.25, 0.3) is 0 Å². The van der Waals surface area contributed by atoms with Crippen LogP contribution in [0.15, 0.2) is 18.2 Å². The topological polar surface area (TPSA) is 23.8 Å². The van der Waals surface area contributed by atoms with Crippen LogP contribution in [0.4, 0.5) is 0 Å². The Morgan fingerprint density at radius 1 is 1.25 bits per heavy atom. The zero-order valence-corrected chi connectivity index (χ0v) is 9.79. The van der Waals surface area contributed by atoms with Crippen molar-refractivity contribution in [3.8, 4) is 6.07 Å². The Labute approximate surface area is 97.1 Å². The Kier molecular flexibility index (Phi) is 2.07. The molecule has 0 N–H and O–H groups in total. The zero-order valence-electron chi connectivity index (χ0n) is 9.79. The van der Waals surface area contributed by atoms with Gasteiger partial charge in [-0.15, -0.1) is 0 Å². The van der Waals surface area contributed by atoms with Crippen molar-refractivity contribution in [3.63, 3.8) is 0 Å². The Morgan fingerprint density at radius 3 is 2.56 bits per heavy atom. The van der Waals surface area contributed by atoms with Gasteiger partial charge in [0.15, 0.2) is 0 Å². The van der Waals surface area contributed by atoms with Gasteiger partial charge in [-0.05, 0) is 54.7 Å². The van der Waals surface area contributed by atoms with Crippen molar-refractivity contribution >= 4 is 0 Å². The number of hydrogen-bond acceptors (Lipinski definition) is 1. The second-order valence-corrected chi connectivity index (χ2v) is 5.38. The molecule has 0 bridgehead atoms. The van der Waals surface area contributed by atoms with E-state index >= 15 is 0 Å². The third-order valence-corrected chi connectivity index (χ3v) is 4.37. The van der Waals surface area contributed by atoms with Gasteiger partial charge < -0.3 is 0 Å². The van der Waals surface area contributed by atoms with Gasteiger partial charge in [0.1, 0.15) is 0 Å². The zero-order chi connectivity index (χ0) is 11.2. The lowest BCUT2D eigenvalue weighted by Gasteiger charge is -2.18. The fourth-order valence-corrected chi connectivity index (χ4v) is 3.06. The first-order chi connectivity index (χ1) is 7.76. The van der Waals surface area contributed by atoms with Crippen molar-refractivity contribution in [2.24, 2.45) is 5.92 Å². The predicted octanol–water partition coefficient (Wildman–Crippen LogP) is 3.37. The van der Waals surface area contributed by atoms with Crippen molar-refractivity contribution in [2.75, 3.05) is 0 Å². The summed E-state index contributed by atoms with van der Waals surface area (Å²) in [6.07, 6.45) is 6.11. The van der Waals surface area contributed by atoms with Crippen molar-refractivity contribution in [2.45, 2.75) is 44.4 Å². The molecule has 0 radical (unpaired) electrons. The quantitative estimate of drug-likeness (QED) is 0.698. The van der Waals surface area contributed by atoms with Gasteiger partial charge >= 0.3 is 0 Å². The van der Waals surface area contributed by atoms with Crippen LogP contribution in [0.2, 0.25) is 0 Å². The summed E-state index contributed by atoms with van der Waals surface area (Å²) in [7, 11) is 0. The van der Waals surface area contributed by atoms with Crippen molar-refractivity contribution in [1.82, 2.24) is 0 Å². The highest BCUT2D eigenvalue weighted by molar-refractivity contribution is 5.45. The van der Waals surface area contributed by atoms with E-state index in [1.807, 2.05) is 0 Å². The van der Waals surface area contributed by atoms with E-state index in [0.29, 0.717) is 5.92 Å². The van der Waals surface area contributed by atoms with Gasteiger partial charge in [-0.1, -0.05) is 25.1 Å². The monoisotopic (exact) mass is 211 g/mol. The maximum Gasteiger partial charge on any atom is 0.0851 e. The normalized spacial score (nSPS) is 31.6. The molecule has 1 fully saturated rings. The molecule has 2 atom stereocenters. The summed E-state index contributed by atoms with van der Waals surface area (Å²) in [5.41, 5.74) is 4.13. The van der Waals surface area contributed by atoms with Crippen LogP contribution in [0, 0.1) is 17.2 Å². The van der Waals surface area contributed by atoms with E-state index < -0.39 is 0 Å². The first-order valence-electron chi connectivity index (χ1n) is 6.30.